The first-order valence-corrected chi connectivity index (χ1v) is 12.5. The predicted molar refractivity (Wildman–Crippen MR) is 128 cm³/mol. The fraction of sp³-hybridized carbons (Fsp3) is 0.682. The minimum atomic E-state index is -3.90. The molecule has 8 heteroatoms. The lowest BCUT2D eigenvalue weighted by atomic mass is 9.79. The largest absolute Gasteiger partial charge is 0.448 e. The molecule has 170 valence electrons. The summed E-state index contributed by atoms with van der Waals surface area (Å²) in [5.41, 5.74) is 7.19. The maximum absolute atomic E-state index is 14.1. The molecule has 0 aromatic heterocycles. The number of thiocarbonyl (C=S) groups is 1. The summed E-state index contributed by atoms with van der Waals surface area (Å²) in [6, 6.07) is 4.24. The molecule has 1 heterocycles. The van der Waals surface area contributed by atoms with E-state index in [0.29, 0.717) is 12.3 Å². The van der Waals surface area contributed by atoms with Crippen LogP contribution in [0.3, 0.4) is 0 Å². The Morgan fingerprint density at radius 1 is 1.10 bits per heavy atom. The molecule has 0 aliphatic carbocycles. The highest BCUT2D eigenvalue weighted by Gasteiger charge is 2.65. The Kier molecular flexibility index (Phi) is 7.05. The van der Waals surface area contributed by atoms with Crippen LogP contribution in [0.5, 0.6) is 5.75 Å². The first-order valence-electron chi connectivity index (χ1n) is 10.5. The lowest BCUT2D eigenvalue weighted by molar-refractivity contribution is 0.142. The highest BCUT2D eigenvalue weighted by Crippen LogP contribution is 2.67. The van der Waals surface area contributed by atoms with Crippen molar-refractivity contribution in [2.45, 2.75) is 78.6 Å². The lowest BCUT2D eigenvalue weighted by Gasteiger charge is -2.40. The third kappa shape index (κ3) is 4.02. The fourth-order valence-electron chi connectivity index (χ4n) is 3.73. The molecule has 1 aliphatic rings. The quantitative estimate of drug-likeness (QED) is 0.416. The van der Waals surface area contributed by atoms with Crippen LogP contribution in [0.25, 0.3) is 0 Å². The molecular weight excluding hydrogens is 419 g/mol. The van der Waals surface area contributed by atoms with Crippen LogP contribution in [-0.4, -0.2) is 30.2 Å². The summed E-state index contributed by atoms with van der Waals surface area (Å²) < 4.78 is 32.0. The number of nitrogens with zero attached hydrogens (tertiary/aromatic N) is 1. The number of nitrogens with two attached hydrogens (primary N) is 1. The van der Waals surface area contributed by atoms with E-state index in [1.54, 1.807) is 13.8 Å². The van der Waals surface area contributed by atoms with E-state index in [1.807, 2.05) is 11.8 Å². The zero-order chi connectivity index (χ0) is 23.1. The Morgan fingerprint density at radius 2 is 1.63 bits per heavy atom. The van der Waals surface area contributed by atoms with Crippen molar-refractivity contribution in [3.8, 4) is 5.75 Å². The Morgan fingerprint density at radius 3 is 2.00 bits per heavy atom. The molecule has 0 bridgehead atoms. The Balaban J connectivity index is 2.91. The summed E-state index contributed by atoms with van der Waals surface area (Å²) in [6.45, 7) is 19.2. The van der Waals surface area contributed by atoms with Crippen LogP contribution in [-0.2, 0) is 24.4 Å². The van der Waals surface area contributed by atoms with Gasteiger partial charge >= 0.3 is 13.1 Å². The van der Waals surface area contributed by atoms with Gasteiger partial charge in [0.25, 0.3) is 0 Å². The molecule has 0 saturated heterocycles. The molecule has 1 aromatic rings. The number of benzene rings is 1. The van der Waals surface area contributed by atoms with Crippen LogP contribution < -0.4 is 15.4 Å². The topological polar surface area (TPSA) is 74.0 Å². The fourth-order valence-corrected chi connectivity index (χ4v) is 6.34. The highest BCUT2D eigenvalue weighted by molar-refractivity contribution is 7.81. The van der Waals surface area contributed by atoms with Crippen LogP contribution in [0, 0.1) is 0 Å². The van der Waals surface area contributed by atoms with Crippen LogP contribution in [0.15, 0.2) is 12.1 Å². The molecule has 0 amide bonds. The number of hydrogen-bond acceptors (Lipinski definition) is 6. The summed E-state index contributed by atoms with van der Waals surface area (Å²) in [6.07, 6.45) is 0. The molecule has 0 radical (unpaired) electrons. The van der Waals surface area contributed by atoms with Crippen molar-refractivity contribution in [2.75, 3.05) is 24.7 Å². The molecule has 1 aliphatic heterocycles. The van der Waals surface area contributed by atoms with Crippen molar-refractivity contribution in [1.29, 1.82) is 0 Å². The van der Waals surface area contributed by atoms with Crippen molar-refractivity contribution in [3.05, 3.63) is 23.3 Å². The molecule has 2 rings (SSSR count). The molecule has 0 fully saturated rings. The second-order valence-electron chi connectivity index (χ2n) is 9.52. The minimum absolute atomic E-state index is 0.0667. The van der Waals surface area contributed by atoms with Crippen LogP contribution in [0.1, 0.15) is 73.4 Å². The minimum Gasteiger partial charge on any atom is -0.448 e. The van der Waals surface area contributed by atoms with Crippen molar-refractivity contribution in [3.63, 3.8) is 0 Å². The van der Waals surface area contributed by atoms with E-state index in [-0.39, 0.29) is 29.0 Å². The van der Waals surface area contributed by atoms with Gasteiger partial charge in [0.1, 0.15) is 0 Å². The van der Waals surface area contributed by atoms with E-state index in [0.717, 1.165) is 16.8 Å². The second-order valence-corrected chi connectivity index (χ2v) is 12.1. The molecule has 1 aromatic carbocycles. The van der Waals surface area contributed by atoms with Gasteiger partial charge in [-0.25, -0.2) is 0 Å². The standard InChI is InChI=1S/C22H37N2O4PS/c1-10-24-17-14-15(20(4,5)6)13-16(21(7,8)9)18(17)28-22(24,19(23)30)29(25,26-11-2)27-12-3/h13-14H,10-12H2,1-9H3,(H2,23,30). The smallest absolute Gasteiger partial charge is 0.402 e. The van der Waals surface area contributed by atoms with E-state index < -0.39 is 13.1 Å². The number of anilines is 1. The third-order valence-corrected chi connectivity index (χ3v) is 8.19. The summed E-state index contributed by atoms with van der Waals surface area (Å²) in [7, 11) is -3.90. The maximum Gasteiger partial charge on any atom is 0.402 e. The van der Waals surface area contributed by atoms with E-state index in [4.69, 9.17) is 31.7 Å². The Hall–Kier alpha value is -1.14. The van der Waals surface area contributed by atoms with Gasteiger partial charge in [0.2, 0.25) is 0 Å². The van der Waals surface area contributed by atoms with E-state index in [1.165, 1.54) is 0 Å². The first-order chi connectivity index (χ1) is 13.7. The number of likely N-dealkylation sites (N-methyl/N-ethyl adjacent to an activating group) is 1. The SMILES string of the molecule is CCOP(=O)(OCC)C1(C(N)=S)Oc2c(cc(C(C)(C)C)cc2C(C)(C)C)N1CC. The van der Waals surface area contributed by atoms with Gasteiger partial charge in [-0.1, -0.05) is 59.8 Å². The van der Waals surface area contributed by atoms with E-state index >= 15 is 0 Å². The molecule has 1 atom stereocenters. The van der Waals surface area contributed by atoms with Crippen molar-refractivity contribution < 1.29 is 18.3 Å². The predicted octanol–water partition coefficient (Wildman–Crippen LogP) is 5.71. The third-order valence-electron chi connectivity index (χ3n) is 5.25. The molecule has 1 unspecified atom stereocenters. The van der Waals surface area contributed by atoms with Gasteiger partial charge in [0, 0.05) is 12.1 Å². The molecule has 30 heavy (non-hydrogen) atoms. The number of rotatable bonds is 7. The van der Waals surface area contributed by atoms with Crippen molar-refractivity contribution in [1.82, 2.24) is 0 Å². The van der Waals surface area contributed by atoms with Crippen molar-refractivity contribution in [2.24, 2.45) is 5.73 Å². The zero-order valence-electron chi connectivity index (χ0n) is 19.8. The molecule has 6 nitrogen and oxygen atoms in total. The molecule has 0 spiro atoms. The number of hydrogen-bond donors (Lipinski definition) is 1. The normalized spacial score (nSPS) is 19.6. The average molecular weight is 457 g/mol. The van der Waals surface area contributed by atoms with Gasteiger partial charge in [-0.2, -0.15) is 0 Å². The summed E-state index contributed by atoms with van der Waals surface area (Å²) in [5.74, 6) is 0.629. The number of fused-ring (bicyclic) bond motifs is 1. The average Bonchev–Trinajstić information content (AvgIpc) is 2.95. The lowest BCUT2D eigenvalue weighted by Crippen LogP contribution is -2.58. The maximum atomic E-state index is 14.1. The van der Waals surface area contributed by atoms with Gasteiger partial charge in [0.15, 0.2) is 10.7 Å². The van der Waals surface area contributed by atoms with Gasteiger partial charge in [-0.05, 0) is 43.2 Å². The van der Waals surface area contributed by atoms with E-state index in [2.05, 4.69) is 53.7 Å². The van der Waals surface area contributed by atoms with Crippen molar-refractivity contribution >= 4 is 30.5 Å². The molecule has 0 saturated carbocycles. The first kappa shape index (κ1) is 25.1. The monoisotopic (exact) mass is 456 g/mol. The van der Waals surface area contributed by atoms with Crippen LogP contribution >= 0.6 is 19.8 Å². The van der Waals surface area contributed by atoms with Gasteiger partial charge in [0.05, 0.1) is 18.9 Å². The Bertz CT molecular complexity index is 850. The van der Waals surface area contributed by atoms with Crippen LogP contribution in [0.2, 0.25) is 0 Å². The molecule has 2 N–H and O–H groups in total. The van der Waals surface area contributed by atoms with Gasteiger partial charge in [-0.3, -0.25) is 4.57 Å². The van der Waals surface area contributed by atoms with Gasteiger partial charge < -0.3 is 24.4 Å². The highest BCUT2D eigenvalue weighted by atomic mass is 32.1. The summed E-state index contributed by atoms with van der Waals surface area (Å²) >= 11 is 5.46. The summed E-state index contributed by atoms with van der Waals surface area (Å²) in [4.78, 5) is 1.78. The second kappa shape index (κ2) is 8.42. The zero-order valence-corrected chi connectivity index (χ0v) is 21.5. The number of ether oxygens (including phenoxy) is 1. The Labute approximate surface area is 187 Å². The van der Waals surface area contributed by atoms with E-state index in [9.17, 15) is 4.57 Å². The van der Waals surface area contributed by atoms with Crippen LogP contribution in [0.4, 0.5) is 5.69 Å². The summed E-state index contributed by atoms with van der Waals surface area (Å²) in [5, 5.41) is 0. The van der Waals surface area contributed by atoms with Gasteiger partial charge in [-0.15, -0.1) is 0 Å². The molecular formula is C22H37N2O4PS.